The Labute approximate surface area is 370 Å². The number of methoxy groups -OCH3 is 3. The van der Waals surface area contributed by atoms with Gasteiger partial charge in [-0.25, -0.2) is 13.6 Å². The number of carbonyl (C=O) groups excluding carboxylic acids is 1. The van der Waals surface area contributed by atoms with Gasteiger partial charge in [0.2, 0.25) is 0 Å². The average molecular weight is 893 g/mol. The molecule has 15 heteroatoms. The first-order chi connectivity index (χ1) is 30.6. The zero-order chi connectivity index (χ0) is 43.9. The molecule has 326 valence electrons. The zero-order valence-electron chi connectivity index (χ0n) is 35.3. The Kier molecular flexibility index (Phi) is 11.9. The van der Waals surface area contributed by atoms with E-state index in [0.29, 0.717) is 70.1 Å². The fourth-order valence-corrected chi connectivity index (χ4v) is 11.4. The van der Waals surface area contributed by atoms with Crippen molar-refractivity contribution in [2.75, 3.05) is 52.5 Å². The molecule has 0 radical (unpaired) electrons. The number of amides is 1. The van der Waals surface area contributed by atoms with Crippen LogP contribution >= 0.6 is 23.1 Å². The molecule has 6 aromatic rings. The molecular weight excluding hydrogens is 847 g/mol. The van der Waals surface area contributed by atoms with Crippen molar-refractivity contribution in [2.24, 2.45) is 4.99 Å². The van der Waals surface area contributed by atoms with Gasteiger partial charge >= 0.3 is 5.69 Å². The minimum Gasteiger partial charge on any atom is -0.496 e. The van der Waals surface area contributed by atoms with Crippen LogP contribution in [0.25, 0.3) is 20.7 Å². The lowest BCUT2D eigenvalue weighted by molar-refractivity contribution is 0.0691. The Balaban J connectivity index is 0.988. The molecule has 0 bridgehead atoms. The number of halogens is 2. The van der Waals surface area contributed by atoms with Gasteiger partial charge in [0, 0.05) is 64.0 Å². The van der Waals surface area contributed by atoms with Crippen LogP contribution in [0.4, 0.5) is 8.78 Å². The SMILES string of the molecule is CCOc1cc2c(cc1OC)C(c1ccc(C(=O)N3CCC(n4c(=O)c5sc(-c6ccc(F)cc6OC)cc5n(Cc5ccc(OC)c(F)c5)c4=O)CC3)cc1)=N[C@@H]1CCSC[C@H]21. The van der Waals surface area contributed by atoms with E-state index in [-0.39, 0.29) is 35.9 Å². The molecule has 2 fully saturated rings. The van der Waals surface area contributed by atoms with Crippen molar-refractivity contribution in [2.45, 2.75) is 50.7 Å². The van der Waals surface area contributed by atoms with E-state index in [9.17, 15) is 23.2 Å². The van der Waals surface area contributed by atoms with Gasteiger partial charge in [-0.3, -0.25) is 23.7 Å². The monoisotopic (exact) mass is 892 g/mol. The maximum atomic E-state index is 14.9. The molecular formula is C48H46F2N4O7S2. The molecule has 3 aliphatic rings. The number of nitrogens with zero attached hydrogens (tertiary/aromatic N) is 4. The van der Waals surface area contributed by atoms with Crippen LogP contribution in [0.5, 0.6) is 23.0 Å². The van der Waals surface area contributed by atoms with E-state index >= 15 is 0 Å². The molecule has 5 heterocycles. The number of benzene rings is 4. The average Bonchev–Trinajstić information content (AvgIpc) is 3.76. The van der Waals surface area contributed by atoms with Crippen LogP contribution in [-0.2, 0) is 6.54 Å². The number of piperidine rings is 1. The molecule has 0 spiro atoms. The molecule has 0 saturated carbocycles. The summed E-state index contributed by atoms with van der Waals surface area (Å²) in [4.78, 5) is 50.5. The van der Waals surface area contributed by atoms with Gasteiger partial charge in [-0.2, -0.15) is 11.8 Å². The van der Waals surface area contributed by atoms with Gasteiger partial charge in [-0.15, -0.1) is 11.3 Å². The normalized spacial score (nSPS) is 17.5. The number of rotatable bonds is 11. The molecule has 0 unspecified atom stereocenters. The summed E-state index contributed by atoms with van der Waals surface area (Å²) in [5.74, 6) is 2.85. The molecule has 2 atom stereocenters. The largest absolute Gasteiger partial charge is 0.496 e. The maximum absolute atomic E-state index is 14.9. The summed E-state index contributed by atoms with van der Waals surface area (Å²) >= 11 is 3.13. The number of likely N-dealkylation sites (tertiary alicyclic amines) is 1. The van der Waals surface area contributed by atoms with E-state index < -0.39 is 28.9 Å². The van der Waals surface area contributed by atoms with Gasteiger partial charge in [0.05, 0.1) is 51.8 Å². The van der Waals surface area contributed by atoms with Crippen LogP contribution in [0.2, 0.25) is 0 Å². The van der Waals surface area contributed by atoms with E-state index in [2.05, 4.69) is 6.07 Å². The fourth-order valence-electron chi connectivity index (χ4n) is 9.07. The van der Waals surface area contributed by atoms with Gasteiger partial charge in [-0.05, 0) is 97.7 Å². The van der Waals surface area contributed by atoms with Gasteiger partial charge in [0.25, 0.3) is 11.5 Å². The van der Waals surface area contributed by atoms with E-state index in [1.54, 1.807) is 30.2 Å². The highest BCUT2D eigenvalue weighted by Crippen LogP contribution is 2.44. The summed E-state index contributed by atoms with van der Waals surface area (Å²) in [6.45, 7) is 3.11. The van der Waals surface area contributed by atoms with Crippen molar-refractivity contribution >= 4 is 44.9 Å². The topological polar surface area (TPSA) is 114 Å². The second-order valence-corrected chi connectivity index (χ2v) is 18.0. The molecule has 63 heavy (non-hydrogen) atoms. The van der Waals surface area contributed by atoms with Crippen molar-refractivity contribution in [1.29, 1.82) is 0 Å². The summed E-state index contributed by atoms with van der Waals surface area (Å²) in [6.07, 6.45) is 1.72. The number of hydrogen-bond acceptors (Lipinski definition) is 10. The number of aromatic nitrogens is 2. The number of ether oxygens (including phenoxy) is 4. The minimum atomic E-state index is -0.580. The van der Waals surface area contributed by atoms with E-state index in [1.807, 2.05) is 49.0 Å². The van der Waals surface area contributed by atoms with E-state index in [1.165, 1.54) is 64.5 Å². The van der Waals surface area contributed by atoms with Gasteiger partial charge in [-0.1, -0.05) is 18.2 Å². The molecule has 11 nitrogen and oxygen atoms in total. The first-order valence-electron chi connectivity index (χ1n) is 21.0. The number of aliphatic imine (C=N–C) groups is 1. The molecule has 0 aliphatic carbocycles. The first kappa shape index (κ1) is 42.4. The lowest BCUT2D eigenvalue weighted by Crippen LogP contribution is -2.46. The van der Waals surface area contributed by atoms with Crippen molar-refractivity contribution in [3.05, 3.63) is 139 Å². The quantitative estimate of drug-likeness (QED) is 0.127. The third-order valence-corrected chi connectivity index (χ3v) is 14.5. The Morgan fingerprint density at radius 2 is 1.59 bits per heavy atom. The lowest BCUT2D eigenvalue weighted by Gasteiger charge is -2.35. The third-order valence-electron chi connectivity index (χ3n) is 12.3. The number of thiophene rings is 1. The molecule has 4 aromatic carbocycles. The minimum absolute atomic E-state index is 0.0270. The molecule has 9 rings (SSSR count). The highest BCUT2D eigenvalue weighted by molar-refractivity contribution is 7.99. The smallest absolute Gasteiger partial charge is 0.332 e. The lowest BCUT2D eigenvalue weighted by atomic mass is 9.81. The summed E-state index contributed by atoms with van der Waals surface area (Å²) in [5, 5.41) is 0. The Morgan fingerprint density at radius 1 is 0.825 bits per heavy atom. The predicted octanol–water partition coefficient (Wildman–Crippen LogP) is 8.56. The van der Waals surface area contributed by atoms with Gasteiger partial charge in [0.1, 0.15) is 16.3 Å². The molecule has 2 aromatic heterocycles. The predicted molar refractivity (Wildman–Crippen MR) is 243 cm³/mol. The highest BCUT2D eigenvalue weighted by atomic mass is 32.2. The molecule has 2 saturated heterocycles. The Hall–Kier alpha value is -5.93. The Morgan fingerprint density at radius 3 is 2.30 bits per heavy atom. The second-order valence-electron chi connectivity index (χ2n) is 15.8. The summed E-state index contributed by atoms with van der Waals surface area (Å²) in [7, 11) is 4.45. The first-order valence-corrected chi connectivity index (χ1v) is 22.9. The number of hydrogen-bond donors (Lipinski definition) is 0. The van der Waals surface area contributed by atoms with E-state index in [0.717, 1.165) is 40.5 Å². The van der Waals surface area contributed by atoms with Gasteiger partial charge in [0.15, 0.2) is 23.1 Å². The zero-order valence-corrected chi connectivity index (χ0v) is 37.0. The van der Waals surface area contributed by atoms with Crippen LogP contribution in [-0.4, -0.2) is 84.2 Å². The van der Waals surface area contributed by atoms with E-state index in [4.69, 9.17) is 23.9 Å². The van der Waals surface area contributed by atoms with Crippen molar-refractivity contribution < 1.29 is 32.5 Å². The number of fused-ring (bicyclic) bond motifs is 4. The Bertz CT molecular complexity index is 2880. The second kappa shape index (κ2) is 17.7. The fraction of sp³-hybridized carbons (Fsp3) is 0.333. The number of carbonyl (C=O) groups is 1. The van der Waals surface area contributed by atoms with Crippen LogP contribution in [0.3, 0.4) is 0 Å². The molecule has 0 N–H and O–H groups in total. The third kappa shape index (κ3) is 7.90. The maximum Gasteiger partial charge on any atom is 0.332 e. The molecule has 3 aliphatic heterocycles. The van der Waals surface area contributed by atoms with Crippen LogP contribution in [0.15, 0.2) is 93.4 Å². The van der Waals surface area contributed by atoms with Crippen molar-refractivity contribution in [3.63, 3.8) is 0 Å². The summed E-state index contributed by atoms with van der Waals surface area (Å²) in [6, 6.07) is 21.7. The standard InChI is InChI=1S/C48H46F2N4O7S2/c1-5-61-42-22-33-34(23-41(42)60-4)44(51-37-16-19-62-26-35(33)37)28-7-9-29(10-8-28)46(55)52-17-14-31(15-18-52)54-47(56)45-38(24-43(63-45)32-12-11-30(49)21-40(32)59-3)53(48(54)57)25-27-6-13-39(58-2)36(50)20-27/h6-13,20-24,31,35,37H,5,14-19,25-26H2,1-4H3/t35-,37-/m1/s1. The van der Waals surface area contributed by atoms with Crippen molar-refractivity contribution in [3.8, 4) is 33.4 Å². The summed E-state index contributed by atoms with van der Waals surface area (Å²) in [5.41, 5.74) is 4.95. The molecule has 1 amide bonds. The van der Waals surface area contributed by atoms with Gasteiger partial charge < -0.3 is 23.8 Å². The van der Waals surface area contributed by atoms with Crippen LogP contribution in [0.1, 0.15) is 70.8 Å². The van der Waals surface area contributed by atoms with Crippen molar-refractivity contribution in [1.82, 2.24) is 14.0 Å². The number of thioether (sulfide) groups is 1. The van der Waals surface area contributed by atoms with Crippen LogP contribution < -0.4 is 30.2 Å². The van der Waals surface area contributed by atoms with Crippen LogP contribution in [0, 0.1) is 11.6 Å². The highest BCUT2D eigenvalue weighted by Gasteiger charge is 2.35. The summed E-state index contributed by atoms with van der Waals surface area (Å²) < 4.78 is 54.4.